The van der Waals surface area contributed by atoms with Gasteiger partial charge >= 0.3 is 5.97 Å². The molecule has 0 radical (unpaired) electrons. The molecule has 0 unspecified atom stereocenters. The number of hydrogen-bond donors (Lipinski definition) is 1. The summed E-state index contributed by atoms with van der Waals surface area (Å²) < 4.78 is 10.8. The fraction of sp³-hybridized carbons (Fsp3) is 0.214. The van der Waals surface area contributed by atoms with Crippen LogP contribution in [0.25, 0.3) is 10.8 Å². The molecule has 5 rings (SSSR count). The summed E-state index contributed by atoms with van der Waals surface area (Å²) in [4.78, 5) is 18.7. The monoisotopic (exact) mass is 453 g/mol. The van der Waals surface area contributed by atoms with E-state index in [1.165, 1.54) is 23.4 Å². The molecule has 3 aromatic carbocycles. The SMILES string of the molecule is COC(=O)c1ccc([C@H](C)Nc2nccc3c2N(Cc2ccc4ccccc4c2)CCO3)cc1. The van der Waals surface area contributed by atoms with Crippen LogP contribution in [0.1, 0.15) is 34.5 Å². The van der Waals surface area contributed by atoms with E-state index >= 15 is 0 Å². The molecule has 1 N–H and O–H groups in total. The smallest absolute Gasteiger partial charge is 0.337 e. The molecule has 4 aromatic rings. The van der Waals surface area contributed by atoms with Crippen molar-refractivity contribution >= 4 is 28.2 Å². The number of methoxy groups -OCH3 is 1. The highest BCUT2D eigenvalue weighted by molar-refractivity contribution is 5.89. The van der Waals surface area contributed by atoms with Crippen molar-refractivity contribution in [2.75, 3.05) is 30.5 Å². The lowest BCUT2D eigenvalue weighted by molar-refractivity contribution is 0.0600. The third-order valence-corrected chi connectivity index (χ3v) is 6.19. The van der Waals surface area contributed by atoms with Crippen molar-refractivity contribution in [2.24, 2.45) is 0 Å². The first-order chi connectivity index (χ1) is 16.6. The molecular formula is C28H27N3O3. The molecule has 2 heterocycles. The molecule has 1 aromatic heterocycles. The molecule has 0 amide bonds. The number of pyridine rings is 1. The first kappa shape index (κ1) is 21.8. The van der Waals surface area contributed by atoms with Gasteiger partial charge in [0.15, 0.2) is 5.82 Å². The van der Waals surface area contributed by atoms with E-state index in [4.69, 9.17) is 9.47 Å². The van der Waals surface area contributed by atoms with E-state index in [0.29, 0.717) is 12.2 Å². The predicted octanol–water partition coefficient (Wildman–Crippen LogP) is 5.59. The normalized spacial score (nSPS) is 13.6. The van der Waals surface area contributed by atoms with Gasteiger partial charge in [0.1, 0.15) is 18.0 Å². The molecule has 0 spiro atoms. The summed E-state index contributed by atoms with van der Waals surface area (Å²) in [7, 11) is 1.39. The number of benzene rings is 3. The summed E-state index contributed by atoms with van der Waals surface area (Å²) in [6.07, 6.45) is 1.77. The second kappa shape index (κ2) is 9.43. The van der Waals surface area contributed by atoms with Crippen LogP contribution in [0.4, 0.5) is 11.5 Å². The van der Waals surface area contributed by atoms with Gasteiger partial charge in [0.05, 0.1) is 25.3 Å². The Morgan fingerprint density at radius 2 is 1.88 bits per heavy atom. The Morgan fingerprint density at radius 3 is 2.68 bits per heavy atom. The highest BCUT2D eigenvalue weighted by Crippen LogP contribution is 2.39. The van der Waals surface area contributed by atoms with Crippen LogP contribution in [0.5, 0.6) is 5.75 Å². The molecule has 0 fully saturated rings. The van der Waals surface area contributed by atoms with Crippen LogP contribution in [0.2, 0.25) is 0 Å². The topological polar surface area (TPSA) is 63.7 Å². The Bertz CT molecular complexity index is 1320. The molecule has 172 valence electrons. The Hall–Kier alpha value is -4.06. The quantitative estimate of drug-likeness (QED) is 0.384. The van der Waals surface area contributed by atoms with E-state index in [2.05, 4.69) is 64.6 Å². The van der Waals surface area contributed by atoms with Gasteiger partial charge in [-0.15, -0.1) is 0 Å². The maximum atomic E-state index is 11.7. The van der Waals surface area contributed by atoms with Crippen LogP contribution in [-0.2, 0) is 11.3 Å². The molecule has 34 heavy (non-hydrogen) atoms. The van der Waals surface area contributed by atoms with Gasteiger partial charge in [0, 0.05) is 18.8 Å². The third kappa shape index (κ3) is 4.39. The average Bonchev–Trinajstić information content (AvgIpc) is 2.88. The number of hydrogen-bond acceptors (Lipinski definition) is 6. The molecule has 6 nitrogen and oxygen atoms in total. The van der Waals surface area contributed by atoms with Crippen LogP contribution in [-0.4, -0.2) is 31.2 Å². The van der Waals surface area contributed by atoms with Gasteiger partial charge in [0.2, 0.25) is 0 Å². The largest absolute Gasteiger partial charge is 0.489 e. The molecule has 0 saturated heterocycles. The Morgan fingerprint density at radius 1 is 1.09 bits per heavy atom. The van der Waals surface area contributed by atoms with Crippen molar-refractivity contribution in [1.29, 1.82) is 0 Å². The lowest BCUT2D eigenvalue weighted by Crippen LogP contribution is -2.33. The zero-order valence-corrected chi connectivity index (χ0v) is 19.3. The molecule has 0 aliphatic carbocycles. The van der Waals surface area contributed by atoms with Gasteiger partial charge in [-0.3, -0.25) is 0 Å². The standard InChI is InChI=1S/C28H27N3O3/c1-19(21-9-11-23(12-10-21)28(32)33-2)30-27-26-25(13-14-29-27)34-16-15-31(26)18-20-7-8-22-5-3-4-6-24(22)17-20/h3-14,17,19H,15-16,18H2,1-2H3,(H,29,30)/t19-/m0/s1. The number of anilines is 2. The second-order valence-corrected chi connectivity index (χ2v) is 8.44. The molecule has 0 saturated carbocycles. The second-order valence-electron chi connectivity index (χ2n) is 8.44. The number of fused-ring (bicyclic) bond motifs is 2. The van der Waals surface area contributed by atoms with Gasteiger partial charge in [-0.2, -0.15) is 0 Å². The summed E-state index contributed by atoms with van der Waals surface area (Å²) in [6, 6.07) is 24.4. The Kier molecular flexibility index (Phi) is 6.04. The summed E-state index contributed by atoms with van der Waals surface area (Å²) in [5, 5.41) is 6.02. The number of nitrogens with one attached hydrogen (secondary N) is 1. The summed E-state index contributed by atoms with van der Waals surface area (Å²) in [5.74, 6) is 1.27. The molecule has 6 heteroatoms. The van der Waals surface area contributed by atoms with Crippen LogP contribution < -0.4 is 15.0 Å². The van der Waals surface area contributed by atoms with Crippen molar-refractivity contribution in [1.82, 2.24) is 4.98 Å². The van der Waals surface area contributed by atoms with Crippen LogP contribution in [0.15, 0.2) is 79.0 Å². The molecule has 0 bridgehead atoms. The van der Waals surface area contributed by atoms with Crippen molar-refractivity contribution in [2.45, 2.75) is 19.5 Å². The maximum absolute atomic E-state index is 11.7. The molecule has 1 atom stereocenters. The fourth-order valence-corrected chi connectivity index (χ4v) is 4.37. The summed E-state index contributed by atoms with van der Waals surface area (Å²) in [5.41, 5.74) is 3.79. The molecule has 1 aliphatic heterocycles. The van der Waals surface area contributed by atoms with E-state index in [1.807, 2.05) is 18.2 Å². The lowest BCUT2D eigenvalue weighted by Gasteiger charge is -2.33. The average molecular weight is 454 g/mol. The predicted molar refractivity (Wildman–Crippen MR) is 135 cm³/mol. The minimum atomic E-state index is -0.340. The van der Waals surface area contributed by atoms with E-state index in [-0.39, 0.29) is 12.0 Å². The van der Waals surface area contributed by atoms with Crippen LogP contribution in [0, 0.1) is 0 Å². The van der Waals surface area contributed by atoms with Gasteiger partial charge in [-0.05, 0) is 47.0 Å². The third-order valence-electron chi connectivity index (χ3n) is 6.19. The zero-order chi connectivity index (χ0) is 23.5. The number of carbonyl (C=O) groups excluding carboxylic acids is 1. The van der Waals surface area contributed by atoms with Crippen molar-refractivity contribution in [3.63, 3.8) is 0 Å². The fourth-order valence-electron chi connectivity index (χ4n) is 4.37. The van der Waals surface area contributed by atoms with Gasteiger partial charge in [-0.1, -0.05) is 48.5 Å². The lowest BCUT2D eigenvalue weighted by atomic mass is 10.1. The number of nitrogens with zero attached hydrogens (tertiary/aromatic N) is 2. The van der Waals surface area contributed by atoms with E-state index in [1.54, 1.807) is 18.3 Å². The van der Waals surface area contributed by atoms with Crippen molar-refractivity contribution in [3.05, 3.63) is 95.7 Å². The highest BCUT2D eigenvalue weighted by Gasteiger charge is 2.24. The van der Waals surface area contributed by atoms with Crippen molar-refractivity contribution < 1.29 is 14.3 Å². The summed E-state index contributed by atoms with van der Waals surface area (Å²) >= 11 is 0. The number of carbonyl (C=O) groups is 1. The maximum Gasteiger partial charge on any atom is 0.337 e. The van der Waals surface area contributed by atoms with E-state index < -0.39 is 0 Å². The first-order valence-electron chi connectivity index (χ1n) is 11.4. The minimum Gasteiger partial charge on any atom is -0.489 e. The number of ether oxygens (including phenoxy) is 2. The van der Waals surface area contributed by atoms with Crippen molar-refractivity contribution in [3.8, 4) is 5.75 Å². The minimum absolute atomic E-state index is 0.0184. The van der Waals surface area contributed by atoms with Crippen LogP contribution >= 0.6 is 0 Å². The highest BCUT2D eigenvalue weighted by atomic mass is 16.5. The number of aromatic nitrogens is 1. The number of rotatable bonds is 6. The molecular weight excluding hydrogens is 426 g/mol. The number of esters is 1. The zero-order valence-electron chi connectivity index (χ0n) is 19.3. The van der Waals surface area contributed by atoms with Gasteiger partial charge < -0.3 is 19.7 Å². The van der Waals surface area contributed by atoms with E-state index in [0.717, 1.165) is 35.9 Å². The van der Waals surface area contributed by atoms with Crippen LogP contribution in [0.3, 0.4) is 0 Å². The Balaban J connectivity index is 1.40. The van der Waals surface area contributed by atoms with Gasteiger partial charge in [-0.25, -0.2) is 9.78 Å². The van der Waals surface area contributed by atoms with Gasteiger partial charge in [0.25, 0.3) is 0 Å². The first-order valence-corrected chi connectivity index (χ1v) is 11.4. The summed E-state index contributed by atoms with van der Waals surface area (Å²) in [6.45, 7) is 4.26. The molecule has 1 aliphatic rings. The Labute approximate surface area is 199 Å². The van der Waals surface area contributed by atoms with E-state index in [9.17, 15) is 4.79 Å².